The second kappa shape index (κ2) is 9.28. The molecule has 2 amide bonds. The van der Waals surface area contributed by atoms with E-state index in [9.17, 15) is 9.59 Å². The Bertz CT molecular complexity index is 999. The smallest absolute Gasteiger partial charge is 0.248 e. The molecule has 2 aromatic heterocycles. The third-order valence-corrected chi connectivity index (χ3v) is 6.02. The lowest BCUT2D eigenvalue weighted by atomic mass is 10.0. The quantitative estimate of drug-likeness (QED) is 0.692. The Hall–Kier alpha value is -3.23. The highest BCUT2D eigenvalue weighted by Crippen LogP contribution is 2.30. The predicted octanol–water partition coefficient (Wildman–Crippen LogP) is 3.04. The van der Waals surface area contributed by atoms with Gasteiger partial charge in [0.15, 0.2) is 17.0 Å². The van der Waals surface area contributed by atoms with Crippen molar-refractivity contribution >= 4 is 34.7 Å². The molecule has 3 heterocycles. The lowest BCUT2D eigenvalue weighted by molar-refractivity contribution is -0.127. The largest absolute Gasteiger partial charge is 0.351 e. The van der Waals surface area contributed by atoms with Crippen LogP contribution in [-0.2, 0) is 9.59 Å². The molecule has 31 heavy (non-hydrogen) atoms. The van der Waals surface area contributed by atoms with Crippen LogP contribution in [0.4, 0.5) is 11.8 Å². The van der Waals surface area contributed by atoms with Crippen molar-refractivity contribution < 1.29 is 9.59 Å². The number of anilines is 2. The molecule has 4 rings (SSSR count). The summed E-state index contributed by atoms with van der Waals surface area (Å²) < 4.78 is 2.05. The third kappa shape index (κ3) is 4.60. The molecule has 0 aromatic carbocycles. The highest BCUT2D eigenvalue weighted by molar-refractivity contribution is 6.02. The van der Waals surface area contributed by atoms with Crippen LogP contribution < -0.4 is 10.6 Å². The van der Waals surface area contributed by atoms with Crippen LogP contribution in [0.5, 0.6) is 0 Å². The summed E-state index contributed by atoms with van der Waals surface area (Å²) in [6.07, 6.45) is 12.6. The number of nitrogens with one attached hydrogen (secondary N) is 2. The number of carbonyl (C=O) groups is 2. The fourth-order valence-electron chi connectivity index (χ4n) is 4.37. The molecule has 2 fully saturated rings. The van der Waals surface area contributed by atoms with Gasteiger partial charge in [0, 0.05) is 25.2 Å². The Labute approximate surface area is 181 Å². The molecule has 1 aliphatic carbocycles. The van der Waals surface area contributed by atoms with Gasteiger partial charge in [-0.05, 0) is 44.8 Å². The molecule has 9 nitrogen and oxygen atoms in total. The molecule has 0 atom stereocenters. The van der Waals surface area contributed by atoms with Crippen LogP contribution in [0.2, 0.25) is 0 Å². The first kappa shape index (κ1) is 21.0. The first-order valence-electron chi connectivity index (χ1n) is 10.9. The number of carbonyl (C=O) groups excluding carboxylic acids is 2. The van der Waals surface area contributed by atoms with E-state index in [4.69, 9.17) is 4.98 Å². The highest BCUT2D eigenvalue weighted by atomic mass is 16.2. The van der Waals surface area contributed by atoms with E-state index < -0.39 is 0 Å². The standard InChI is InChI=1S/C22H29N7O2/c1-3-7-18(31)28-12-10-16(11-13-28)29-14-23-19-20(25-17(30)4-2)26-22(27-21(19)29)24-15-8-5-6-9-15/h3-4,7,14-16H,2,5-6,8-13H2,1H3,(H2,24,25,26,27,30)/b7-3-. The maximum Gasteiger partial charge on any atom is 0.248 e. The molecule has 2 aromatic rings. The Balaban J connectivity index is 1.61. The number of hydrogen-bond acceptors (Lipinski definition) is 6. The van der Waals surface area contributed by atoms with Crippen molar-refractivity contribution in [3.63, 3.8) is 0 Å². The zero-order chi connectivity index (χ0) is 21.8. The molecule has 164 valence electrons. The number of nitrogens with zero attached hydrogens (tertiary/aromatic N) is 5. The van der Waals surface area contributed by atoms with Crippen molar-refractivity contribution in [2.45, 2.75) is 57.5 Å². The van der Waals surface area contributed by atoms with Gasteiger partial charge in [0.25, 0.3) is 0 Å². The first-order valence-corrected chi connectivity index (χ1v) is 10.9. The van der Waals surface area contributed by atoms with Gasteiger partial charge >= 0.3 is 0 Å². The molecule has 1 saturated heterocycles. The van der Waals surface area contributed by atoms with Gasteiger partial charge in [-0.1, -0.05) is 25.5 Å². The molecule has 0 unspecified atom stereocenters. The number of hydrogen-bond donors (Lipinski definition) is 2. The molecular formula is C22H29N7O2. The number of allylic oxidation sites excluding steroid dienone is 1. The summed E-state index contributed by atoms with van der Waals surface area (Å²) in [5.74, 6) is 0.601. The van der Waals surface area contributed by atoms with E-state index in [1.165, 1.54) is 18.9 Å². The number of piperidine rings is 1. The van der Waals surface area contributed by atoms with Crippen LogP contribution in [0.1, 0.15) is 51.5 Å². The SMILES string of the molecule is C=CC(=O)Nc1nc(NC2CCCC2)nc2c1ncn2C1CCN(C(=O)/C=C\C)CC1. The molecule has 2 aliphatic rings. The summed E-state index contributed by atoms with van der Waals surface area (Å²) in [5.41, 5.74) is 1.24. The van der Waals surface area contributed by atoms with E-state index in [0.29, 0.717) is 42.1 Å². The fraction of sp³-hybridized carbons (Fsp3) is 0.500. The molecule has 1 aliphatic heterocycles. The van der Waals surface area contributed by atoms with Crippen molar-refractivity contribution in [1.29, 1.82) is 0 Å². The summed E-state index contributed by atoms with van der Waals surface area (Å²) in [4.78, 5) is 39.8. The Morgan fingerprint density at radius 3 is 2.58 bits per heavy atom. The van der Waals surface area contributed by atoms with Gasteiger partial charge in [-0.2, -0.15) is 9.97 Å². The zero-order valence-corrected chi connectivity index (χ0v) is 17.9. The van der Waals surface area contributed by atoms with E-state index >= 15 is 0 Å². The summed E-state index contributed by atoms with van der Waals surface area (Å²) in [6, 6.07) is 0.523. The molecular weight excluding hydrogens is 394 g/mol. The second-order valence-corrected chi connectivity index (χ2v) is 8.10. The normalized spacial score (nSPS) is 18.0. The number of likely N-dealkylation sites (tertiary alicyclic amines) is 1. The number of aromatic nitrogens is 4. The summed E-state index contributed by atoms with van der Waals surface area (Å²) >= 11 is 0. The number of imidazole rings is 1. The second-order valence-electron chi connectivity index (χ2n) is 8.10. The molecule has 0 spiro atoms. The zero-order valence-electron chi connectivity index (χ0n) is 17.9. The van der Waals surface area contributed by atoms with E-state index in [2.05, 4.69) is 31.7 Å². The maximum atomic E-state index is 12.1. The van der Waals surface area contributed by atoms with Gasteiger partial charge in [0.2, 0.25) is 17.8 Å². The topological polar surface area (TPSA) is 105 Å². The minimum atomic E-state index is -0.336. The molecule has 2 N–H and O–H groups in total. The van der Waals surface area contributed by atoms with Gasteiger partial charge in [-0.3, -0.25) is 9.59 Å². The van der Waals surface area contributed by atoms with Crippen molar-refractivity contribution in [2.24, 2.45) is 0 Å². The lowest BCUT2D eigenvalue weighted by Crippen LogP contribution is -2.38. The van der Waals surface area contributed by atoms with Crippen LogP contribution in [0, 0.1) is 0 Å². The Kier molecular flexibility index (Phi) is 6.29. The van der Waals surface area contributed by atoms with E-state index in [0.717, 1.165) is 25.7 Å². The molecule has 0 bridgehead atoms. The van der Waals surface area contributed by atoms with E-state index in [-0.39, 0.29) is 17.9 Å². The van der Waals surface area contributed by atoms with Gasteiger partial charge in [-0.15, -0.1) is 0 Å². The predicted molar refractivity (Wildman–Crippen MR) is 120 cm³/mol. The first-order chi connectivity index (χ1) is 15.1. The van der Waals surface area contributed by atoms with Crippen LogP contribution >= 0.6 is 0 Å². The Morgan fingerprint density at radius 2 is 1.90 bits per heavy atom. The van der Waals surface area contributed by atoms with Crippen molar-refractivity contribution in [1.82, 2.24) is 24.4 Å². The summed E-state index contributed by atoms with van der Waals surface area (Å²) in [6.45, 7) is 6.74. The number of fused-ring (bicyclic) bond motifs is 1. The van der Waals surface area contributed by atoms with Crippen LogP contribution in [0.15, 0.2) is 31.1 Å². The number of amides is 2. The van der Waals surface area contributed by atoms with Gasteiger partial charge in [-0.25, -0.2) is 4.98 Å². The van der Waals surface area contributed by atoms with Crippen molar-refractivity contribution in [3.05, 3.63) is 31.1 Å². The molecule has 1 saturated carbocycles. The summed E-state index contributed by atoms with van der Waals surface area (Å²) in [7, 11) is 0. The van der Waals surface area contributed by atoms with Gasteiger partial charge < -0.3 is 20.1 Å². The maximum absolute atomic E-state index is 12.1. The minimum Gasteiger partial charge on any atom is -0.351 e. The van der Waals surface area contributed by atoms with Crippen LogP contribution in [0.3, 0.4) is 0 Å². The monoisotopic (exact) mass is 423 g/mol. The van der Waals surface area contributed by atoms with Crippen LogP contribution in [0.25, 0.3) is 11.2 Å². The van der Waals surface area contributed by atoms with Gasteiger partial charge in [0.1, 0.15) is 0 Å². The summed E-state index contributed by atoms with van der Waals surface area (Å²) in [5, 5.41) is 6.19. The minimum absolute atomic E-state index is 0.0521. The average molecular weight is 424 g/mol. The highest BCUT2D eigenvalue weighted by Gasteiger charge is 2.26. The van der Waals surface area contributed by atoms with Crippen molar-refractivity contribution in [2.75, 3.05) is 23.7 Å². The van der Waals surface area contributed by atoms with E-state index in [1.807, 2.05) is 11.8 Å². The lowest BCUT2D eigenvalue weighted by Gasteiger charge is -2.32. The van der Waals surface area contributed by atoms with E-state index in [1.54, 1.807) is 18.5 Å². The number of rotatable bonds is 6. The molecule has 0 radical (unpaired) electrons. The van der Waals surface area contributed by atoms with Crippen LogP contribution in [-0.4, -0.2) is 55.4 Å². The Morgan fingerprint density at radius 1 is 1.16 bits per heavy atom. The average Bonchev–Trinajstić information content (AvgIpc) is 3.44. The fourth-order valence-corrected chi connectivity index (χ4v) is 4.37. The third-order valence-electron chi connectivity index (χ3n) is 6.02. The van der Waals surface area contributed by atoms with Crippen molar-refractivity contribution in [3.8, 4) is 0 Å². The molecule has 9 heteroatoms. The van der Waals surface area contributed by atoms with Gasteiger partial charge in [0.05, 0.1) is 6.33 Å².